The molecule has 7 heteroatoms. The lowest BCUT2D eigenvalue weighted by atomic mass is 10.1. The predicted molar refractivity (Wildman–Crippen MR) is 87.9 cm³/mol. The summed E-state index contributed by atoms with van der Waals surface area (Å²) in [6, 6.07) is 5.17. The van der Waals surface area contributed by atoms with E-state index >= 15 is 0 Å². The van der Waals surface area contributed by atoms with Crippen LogP contribution >= 0.6 is 46.1 Å². The van der Waals surface area contributed by atoms with Crippen LogP contribution in [0.4, 0.5) is 0 Å². The fourth-order valence-corrected chi connectivity index (χ4v) is 3.26. The zero-order valence-corrected chi connectivity index (χ0v) is 14.2. The SMILES string of the molecule is CCN(Cc1cccs1)C(=O)c1c(O)c(Cl)cc(Cl)c1Cl. The number of carbonyl (C=O) groups is 1. The lowest BCUT2D eigenvalue weighted by molar-refractivity contribution is 0.0751. The third-order valence-corrected chi connectivity index (χ3v) is 4.89. The van der Waals surface area contributed by atoms with Gasteiger partial charge in [-0.2, -0.15) is 0 Å². The predicted octanol–water partition coefficient (Wildman–Crippen LogP) is 5.08. The van der Waals surface area contributed by atoms with Crippen molar-refractivity contribution in [1.29, 1.82) is 0 Å². The Hall–Kier alpha value is -0.940. The van der Waals surface area contributed by atoms with E-state index in [9.17, 15) is 9.90 Å². The number of nitrogens with zero attached hydrogens (tertiary/aromatic N) is 1. The number of halogens is 3. The van der Waals surface area contributed by atoms with Gasteiger partial charge in [-0.15, -0.1) is 11.3 Å². The third kappa shape index (κ3) is 3.46. The van der Waals surface area contributed by atoms with E-state index in [0.29, 0.717) is 13.1 Å². The molecule has 0 aliphatic rings. The summed E-state index contributed by atoms with van der Waals surface area (Å²) < 4.78 is 0. The number of amides is 1. The van der Waals surface area contributed by atoms with E-state index in [-0.39, 0.29) is 26.4 Å². The number of carbonyl (C=O) groups excluding carboxylic acids is 1. The molecule has 0 aliphatic carbocycles. The molecule has 0 bridgehead atoms. The van der Waals surface area contributed by atoms with E-state index < -0.39 is 5.91 Å². The van der Waals surface area contributed by atoms with Crippen molar-refractivity contribution in [3.05, 3.63) is 49.1 Å². The summed E-state index contributed by atoms with van der Waals surface area (Å²) in [5.74, 6) is -0.751. The van der Waals surface area contributed by atoms with Gasteiger partial charge in [0.1, 0.15) is 11.3 Å². The van der Waals surface area contributed by atoms with E-state index in [2.05, 4.69) is 0 Å². The Bertz CT molecular complexity index is 632. The fraction of sp³-hybridized carbons (Fsp3) is 0.214. The van der Waals surface area contributed by atoms with Crippen molar-refractivity contribution < 1.29 is 9.90 Å². The lowest BCUT2D eigenvalue weighted by Gasteiger charge is -2.22. The summed E-state index contributed by atoms with van der Waals surface area (Å²) in [4.78, 5) is 15.2. The Balaban J connectivity index is 2.38. The van der Waals surface area contributed by atoms with E-state index in [1.165, 1.54) is 6.07 Å². The molecule has 3 nitrogen and oxygen atoms in total. The van der Waals surface area contributed by atoms with Crippen molar-refractivity contribution in [2.45, 2.75) is 13.5 Å². The molecule has 0 unspecified atom stereocenters. The van der Waals surface area contributed by atoms with E-state index in [1.54, 1.807) is 16.2 Å². The molecule has 2 rings (SSSR count). The summed E-state index contributed by atoms with van der Waals surface area (Å²) in [7, 11) is 0. The molecule has 2 aromatic rings. The first-order chi connectivity index (χ1) is 9.95. The largest absolute Gasteiger partial charge is 0.505 e. The Morgan fingerprint density at radius 1 is 1.33 bits per heavy atom. The van der Waals surface area contributed by atoms with Crippen LogP contribution in [0.3, 0.4) is 0 Å². The van der Waals surface area contributed by atoms with Gasteiger partial charge in [-0.05, 0) is 24.4 Å². The Morgan fingerprint density at radius 2 is 2.05 bits per heavy atom. The summed E-state index contributed by atoms with van der Waals surface area (Å²) in [6.07, 6.45) is 0. The minimum Gasteiger partial charge on any atom is -0.505 e. The molecule has 0 aliphatic heterocycles. The highest BCUT2D eigenvalue weighted by Crippen LogP contribution is 2.39. The van der Waals surface area contributed by atoms with Crippen LogP contribution < -0.4 is 0 Å². The van der Waals surface area contributed by atoms with Crippen molar-refractivity contribution in [3.63, 3.8) is 0 Å². The smallest absolute Gasteiger partial charge is 0.259 e. The van der Waals surface area contributed by atoms with Crippen molar-refractivity contribution in [2.75, 3.05) is 6.54 Å². The number of phenols is 1. The molecule has 1 heterocycles. The van der Waals surface area contributed by atoms with Gasteiger partial charge in [-0.1, -0.05) is 40.9 Å². The van der Waals surface area contributed by atoms with Gasteiger partial charge in [-0.25, -0.2) is 0 Å². The third-order valence-electron chi connectivity index (χ3n) is 2.96. The summed E-state index contributed by atoms with van der Waals surface area (Å²) >= 11 is 19.4. The topological polar surface area (TPSA) is 40.5 Å². The Morgan fingerprint density at radius 3 is 2.62 bits per heavy atom. The van der Waals surface area contributed by atoms with Crippen LogP contribution in [0.1, 0.15) is 22.2 Å². The van der Waals surface area contributed by atoms with Crippen molar-refractivity contribution in [1.82, 2.24) is 4.90 Å². The number of hydrogen-bond donors (Lipinski definition) is 1. The van der Waals surface area contributed by atoms with Crippen LogP contribution in [0.2, 0.25) is 15.1 Å². The second-order valence-corrected chi connectivity index (χ2v) is 6.50. The van der Waals surface area contributed by atoms with Crippen LogP contribution in [0.25, 0.3) is 0 Å². The van der Waals surface area contributed by atoms with Crippen LogP contribution in [-0.4, -0.2) is 22.5 Å². The first-order valence-corrected chi connectivity index (χ1v) is 8.15. The molecule has 0 atom stereocenters. The first-order valence-electron chi connectivity index (χ1n) is 6.13. The van der Waals surface area contributed by atoms with Gasteiger partial charge in [0, 0.05) is 11.4 Å². The minimum atomic E-state index is -0.405. The minimum absolute atomic E-state index is 0.0000679. The van der Waals surface area contributed by atoms with Gasteiger partial charge in [0.2, 0.25) is 0 Å². The second kappa shape index (κ2) is 6.88. The maximum atomic E-state index is 12.6. The molecular weight excluding hydrogens is 353 g/mol. The van der Waals surface area contributed by atoms with Crippen molar-refractivity contribution in [2.24, 2.45) is 0 Å². The van der Waals surface area contributed by atoms with Gasteiger partial charge >= 0.3 is 0 Å². The molecule has 1 aromatic carbocycles. The lowest BCUT2D eigenvalue weighted by Crippen LogP contribution is -2.30. The highest BCUT2D eigenvalue weighted by molar-refractivity contribution is 7.09. The van der Waals surface area contributed by atoms with Crippen LogP contribution in [0, 0.1) is 0 Å². The number of rotatable bonds is 4. The monoisotopic (exact) mass is 363 g/mol. The van der Waals surface area contributed by atoms with Crippen LogP contribution in [0.5, 0.6) is 5.75 Å². The average Bonchev–Trinajstić information content (AvgIpc) is 2.95. The number of thiophene rings is 1. The molecule has 0 radical (unpaired) electrons. The molecule has 0 saturated heterocycles. The molecular formula is C14H12Cl3NO2S. The number of hydrogen-bond acceptors (Lipinski definition) is 3. The average molecular weight is 365 g/mol. The summed E-state index contributed by atoms with van der Waals surface area (Å²) in [5, 5.41) is 12.1. The number of benzene rings is 1. The fourth-order valence-electron chi connectivity index (χ4n) is 1.86. The highest BCUT2D eigenvalue weighted by Gasteiger charge is 2.25. The van der Waals surface area contributed by atoms with Gasteiger partial charge in [0.25, 0.3) is 5.91 Å². The molecule has 21 heavy (non-hydrogen) atoms. The molecule has 0 fully saturated rings. The Labute approximate surface area is 141 Å². The number of aromatic hydroxyl groups is 1. The van der Waals surface area contributed by atoms with Crippen LogP contribution in [-0.2, 0) is 6.54 Å². The van der Waals surface area contributed by atoms with Crippen molar-refractivity contribution in [3.8, 4) is 5.75 Å². The summed E-state index contributed by atoms with van der Waals surface area (Å²) in [6.45, 7) is 2.76. The molecule has 1 N–H and O–H groups in total. The summed E-state index contributed by atoms with van der Waals surface area (Å²) in [5.41, 5.74) is -0.0624. The maximum absolute atomic E-state index is 12.6. The standard InChI is InChI=1S/C14H12Cl3NO2S/c1-2-18(7-8-4-3-5-21-8)14(20)11-12(17)9(15)6-10(16)13(11)19/h3-6,19H,2,7H2,1H3. The Kier molecular flexibility index (Phi) is 5.38. The zero-order valence-electron chi connectivity index (χ0n) is 11.1. The molecule has 112 valence electrons. The van der Waals surface area contributed by atoms with E-state index in [1.807, 2.05) is 24.4 Å². The zero-order chi connectivity index (χ0) is 15.6. The van der Waals surface area contributed by atoms with Crippen molar-refractivity contribution >= 4 is 52.0 Å². The first kappa shape index (κ1) is 16.4. The van der Waals surface area contributed by atoms with E-state index in [4.69, 9.17) is 34.8 Å². The number of phenolic OH excluding ortho intramolecular Hbond substituents is 1. The van der Waals surface area contributed by atoms with Gasteiger partial charge in [0.05, 0.1) is 21.6 Å². The molecule has 1 aromatic heterocycles. The maximum Gasteiger partial charge on any atom is 0.259 e. The van der Waals surface area contributed by atoms with E-state index in [0.717, 1.165) is 4.88 Å². The normalized spacial score (nSPS) is 10.7. The van der Waals surface area contributed by atoms with Gasteiger partial charge in [-0.3, -0.25) is 4.79 Å². The highest BCUT2D eigenvalue weighted by atomic mass is 35.5. The quantitative estimate of drug-likeness (QED) is 0.769. The molecule has 0 spiro atoms. The van der Waals surface area contributed by atoms with Gasteiger partial charge in [0.15, 0.2) is 0 Å². The molecule has 1 amide bonds. The van der Waals surface area contributed by atoms with Gasteiger partial charge < -0.3 is 10.0 Å². The molecule has 0 saturated carbocycles. The second-order valence-electron chi connectivity index (χ2n) is 4.28. The van der Waals surface area contributed by atoms with Crippen LogP contribution in [0.15, 0.2) is 23.6 Å².